The molecule has 0 bridgehead atoms. The van der Waals surface area contributed by atoms with Crippen LogP contribution < -0.4 is 5.32 Å². The maximum absolute atomic E-state index is 12.2. The average Bonchev–Trinajstić information content (AvgIpc) is 2.59. The second kappa shape index (κ2) is 7.04. The lowest BCUT2D eigenvalue weighted by Gasteiger charge is -2.29. The molecule has 0 aromatic rings. The lowest BCUT2D eigenvalue weighted by molar-refractivity contribution is -0.132. The molecule has 0 aliphatic carbocycles. The van der Waals surface area contributed by atoms with Gasteiger partial charge in [0.05, 0.1) is 6.54 Å². The Kier molecular flexibility index (Phi) is 5.37. The normalized spacial score (nSPS) is 21.2. The first kappa shape index (κ1) is 15.3. The highest BCUT2D eigenvalue weighted by atomic mass is 16.2. The second-order valence-corrected chi connectivity index (χ2v) is 6.03. The summed E-state index contributed by atoms with van der Waals surface area (Å²) in [7, 11) is 3.56. The van der Waals surface area contributed by atoms with Crippen LogP contribution in [0.1, 0.15) is 12.8 Å². The molecule has 6 nitrogen and oxygen atoms in total. The third-order valence-electron chi connectivity index (χ3n) is 4.13. The van der Waals surface area contributed by atoms with Gasteiger partial charge in [-0.05, 0) is 25.4 Å². The molecule has 0 saturated carbocycles. The van der Waals surface area contributed by atoms with Gasteiger partial charge in [-0.15, -0.1) is 0 Å². The van der Waals surface area contributed by atoms with Crippen LogP contribution >= 0.6 is 0 Å². The molecule has 0 radical (unpaired) electrons. The van der Waals surface area contributed by atoms with Crippen LogP contribution in [-0.4, -0.2) is 86.4 Å². The molecule has 2 aliphatic heterocycles. The van der Waals surface area contributed by atoms with E-state index in [4.69, 9.17) is 0 Å². The molecule has 2 fully saturated rings. The van der Waals surface area contributed by atoms with Gasteiger partial charge in [0.25, 0.3) is 0 Å². The maximum atomic E-state index is 12.2. The van der Waals surface area contributed by atoms with Crippen molar-refractivity contribution in [3.8, 4) is 0 Å². The van der Waals surface area contributed by atoms with Crippen LogP contribution in [0.3, 0.4) is 0 Å². The molecule has 1 N–H and O–H groups in total. The summed E-state index contributed by atoms with van der Waals surface area (Å²) in [6, 6.07) is 0. The van der Waals surface area contributed by atoms with Crippen molar-refractivity contribution < 1.29 is 9.59 Å². The van der Waals surface area contributed by atoms with Crippen LogP contribution in [0, 0.1) is 5.92 Å². The van der Waals surface area contributed by atoms with Crippen LogP contribution in [0.15, 0.2) is 0 Å². The summed E-state index contributed by atoms with van der Waals surface area (Å²) in [5.74, 6) is 0.930. The van der Waals surface area contributed by atoms with E-state index in [0.29, 0.717) is 18.9 Å². The summed E-state index contributed by atoms with van der Waals surface area (Å²) < 4.78 is 0. The van der Waals surface area contributed by atoms with E-state index in [-0.39, 0.29) is 11.8 Å². The first-order chi connectivity index (χ1) is 9.56. The summed E-state index contributed by atoms with van der Waals surface area (Å²) in [4.78, 5) is 29.7. The topological polar surface area (TPSA) is 55.9 Å². The van der Waals surface area contributed by atoms with E-state index in [1.54, 1.807) is 19.0 Å². The minimum atomic E-state index is 0.130. The highest BCUT2D eigenvalue weighted by Crippen LogP contribution is 2.12. The second-order valence-electron chi connectivity index (χ2n) is 6.03. The Morgan fingerprint density at radius 3 is 2.50 bits per heavy atom. The highest BCUT2D eigenvalue weighted by molar-refractivity contribution is 5.78. The van der Waals surface area contributed by atoms with Crippen molar-refractivity contribution in [1.82, 2.24) is 20.0 Å². The van der Waals surface area contributed by atoms with E-state index in [0.717, 1.165) is 45.7 Å². The molecule has 0 aromatic heterocycles. The molecule has 2 heterocycles. The summed E-state index contributed by atoms with van der Waals surface area (Å²) in [6.07, 6.45) is 1.62. The van der Waals surface area contributed by atoms with Gasteiger partial charge in [-0.2, -0.15) is 0 Å². The van der Waals surface area contributed by atoms with Crippen molar-refractivity contribution >= 4 is 11.8 Å². The van der Waals surface area contributed by atoms with Gasteiger partial charge < -0.3 is 15.1 Å². The maximum Gasteiger partial charge on any atom is 0.236 e. The van der Waals surface area contributed by atoms with Crippen molar-refractivity contribution in [2.75, 3.05) is 59.9 Å². The van der Waals surface area contributed by atoms with Crippen LogP contribution in [0.5, 0.6) is 0 Å². The van der Waals surface area contributed by atoms with Gasteiger partial charge in [0, 0.05) is 46.7 Å². The molecule has 2 aliphatic rings. The summed E-state index contributed by atoms with van der Waals surface area (Å²) >= 11 is 0. The average molecular weight is 282 g/mol. The van der Waals surface area contributed by atoms with E-state index in [2.05, 4.69) is 10.2 Å². The fourth-order valence-electron chi connectivity index (χ4n) is 2.58. The van der Waals surface area contributed by atoms with Gasteiger partial charge in [0.2, 0.25) is 11.8 Å². The first-order valence-electron chi connectivity index (χ1n) is 7.47. The van der Waals surface area contributed by atoms with E-state index in [1.165, 1.54) is 0 Å². The number of amides is 2. The fourth-order valence-corrected chi connectivity index (χ4v) is 2.58. The van der Waals surface area contributed by atoms with Crippen molar-refractivity contribution in [2.45, 2.75) is 12.8 Å². The highest BCUT2D eigenvalue weighted by Gasteiger charge is 2.25. The molecule has 2 amide bonds. The largest absolute Gasteiger partial charge is 0.348 e. The summed E-state index contributed by atoms with van der Waals surface area (Å²) in [6.45, 7) is 5.68. The Morgan fingerprint density at radius 2 is 1.90 bits per heavy atom. The number of nitrogens with zero attached hydrogens (tertiary/aromatic N) is 3. The van der Waals surface area contributed by atoms with Crippen LogP contribution in [0.2, 0.25) is 0 Å². The predicted octanol–water partition coefficient (Wildman–Crippen LogP) is -0.782. The summed E-state index contributed by atoms with van der Waals surface area (Å²) in [5.41, 5.74) is 0. The molecular formula is C14H26N4O2. The van der Waals surface area contributed by atoms with Gasteiger partial charge in [-0.3, -0.25) is 14.5 Å². The molecule has 20 heavy (non-hydrogen) atoms. The molecule has 6 heteroatoms. The number of rotatable bonds is 4. The molecular weight excluding hydrogens is 256 g/mol. The molecule has 2 saturated heterocycles. The summed E-state index contributed by atoms with van der Waals surface area (Å²) in [5, 5.41) is 3.20. The Bertz CT molecular complexity index is 355. The first-order valence-corrected chi connectivity index (χ1v) is 7.47. The lowest BCUT2D eigenvalue weighted by Crippen LogP contribution is -2.46. The van der Waals surface area contributed by atoms with Crippen LogP contribution in [0.25, 0.3) is 0 Å². The van der Waals surface area contributed by atoms with E-state index in [9.17, 15) is 9.59 Å². The number of nitrogens with one attached hydrogen (secondary N) is 1. The van der Waals surface area contributed by atoms with Gasteiger partial charge in [0.15, 0.2) is 0 Å². The number of hydrogen-bond donors (Lipinski definition) is 1. The molecule has 2 rings (SSSR count). The minimum Gasteiger partial charge on any atom is -0.348 e. The van der Waals surface area contributed by atoms with Crippen LogP contribution in [-0.2, 0) is 9.59 Å². The van der Waals surface area contributed by atoms with E-state index in [1.807, 2.05) is 4.90 Å². The van der Waals surface area contributed by atoms with Gasteiger partial charge in [-0.25, -0.2) is 0 Å². The zero-order valence-corrected chi connectivity index (χ0v) is 12.6. The van der Waals surface area contributed by atoms with Crippen molar-refractivity contribution in [3.63, 3.8) is 0 Å². The minimum absolute atomic E-state index is 0.130. The Balaban J connectivity index is 1.76. The third-order valence-corrected chi connectivity index (χ3v) is 4.13. The third kappa shape index (κ3) is 4.18. The van der Waals surface area contributed by atoms with E-state index < -0.39 is 0 Å². The number of carbonyl (C=O) groups is 2. The van der Waals surface area contributed by atoms with Crippen molar-refractivity contribution in [2.24, 2.45) is 5.92 Å². The molecule has 0 atom stereocenters. The number of carbonyl (C=O) groups excluding carboxylic acids is 2. The van der Waals surface area contributed by atoms with E-state index >= 15 is 0 Å². The van der Waals surface area contributed by atoms with Gasteiger partial charge >= 0.3 is 0 Å². The quantitative estimate of drug-likeness (QED) is 0.735. The smallest absolute Gasteiger partial charge is 0.236 e. The monoisotopic (exact) mass is 282 g/mol. The zero-order chi connectivity index (χ0) is 14.5. The predicted molar refractivity (Wildman–Crippen MR) is 77.3 cm³/mol. The van der Waals surface area contributed by atoms with Crippen molar-refractivity contribution in [3.05, 3.63) is 0 Å². The van der Waals surface area contributed by atoms with Gasteiger partial charge in [-0.1, -0.05) is 0 Å². The molecule has 114 valence electrons. The Hall–Kier alpha value is -1.14. The molecule has 0 spiro atoms. The SMILES string of the molecule is CN(C)C(=O)CN1CCCN(C(=O)CC2CNC2)CC1. The van der Waals surface area contributed by atoms with Crippen LogP contribution in [0.4, 0.5) is 0 Å². The Morgan fingerprint density at radius 1 is 1.15 bits per heavy atom. The van der Waals surface area contributed by atoms with Gasteiger partial charge in [0.1, 0.15) is 0 Å². The molecule has 0 unspecified atom stereocenters. The fraction of sp³-hybridized carbons (Fsp3) is 0.857. The number of likely N-dealkylation sites (N-methyl/N-ethyl adjacent to an activating group) is 1. The molecule has 0 aromatic carbocycles. The Labute approximate surface area is 121 Å². The van der Waals surface area contributed by atoms with Crippen molar-refractivity contribution in [1.29, 1.82) is 0 Å². The number of hydrogen-bond acceptors (Lipinski definition) is 4. The lowest BCUT2D eigenvalue weighted by atomic mass is 9.98. The standard InChI is InChI=1S/C14H26N4O2/c1-16(2)14(20)11-17-4-3-5-18(7-6-17)13(19)8-12-9-15-10-12/h12,15H,3-11H2,1-2H3. The zero-order valence-electron chi connectivity index (χ0n) is 12.6.